The van der Waals surface area contributed by atoms with Gasteiger partial charge in [0.15, 0.2) is 0 Å². The van der Waals surface area contributed by atoms with Crippen molar-refractivity contribution in [3.8, 4) is 0 Å². The molecular formula is C15H15BrN2O. The van der Waals surface area contributed by atoms with Gasteiger partial charge in [0, 0.05) is 4.47 Å². The Bertz CT molecular complexity index is 584. The van der Waals surface area contributed by atoms with E-state index in [2.05, 4.69) is 21.2 Å². The van der Waals surface area contributed by atoms with Crippen LogP contribution in [-0.4, -0.2) is 5.91 Å². The number of nitrogens with two attached hydrogens (primary N) is 1. The molecule has 1 atom stereocenters. The van der Waals surface area contributed by atoms with Crippen molar-refractivity contribution in [2.24, 2.45) is 5.73 Å². The lowest BCUT2D eigenvalue weighted by molar-refractivity contribution is -0.117. The number of carbonyl (C=O) groups excluding carboxylic acids is 1. The van der Waals surface area contributed by atoms with E-state index < -0.39 is 6.04 Å². The van der Waals surface area contributed by atoms with Crippen molar-refractivity contribution in [2.45, 2.75) is 13.0 Å². The topological polar surface area (TPSA) is 55.1 Å². The highest BCUT2D eigenvalue weighted by Crippen LogP contribution is 2.26. The second-order valence-corrected chi connectivity index (χ2v) is 5.11. The summed E-state index contributed by atoms with van der Waals surface area (Å²) < 4.78 is 0.878. The monoisotopic (exact) mass is 318 g/mol. The van der Waals surface area contributed by atoms with E-state index in [4.69, 9.17) is 5.73 Å². The quantitative estimate of drug-likeness (QED) is 0.911. The molecule has 0 bridgehead atoms. The molecule has 3 nitrogen and oxygen atoms in total. The number of hydrogen-bond acceptors (Lipinski definition) is 2. The molecular weight excluding hydrogens is 304 g/mol. The van der Waals surface area contributed by atoms with E-state index in [0.29, 0.717) is 0 Å². The summed E-state index contributed by atoms with van der Waals surface area (Å²) in [6, 6.07) is 14.3. The predicted molar refractivity (Wildman–Crippen MR) is 80.9 cm³/mol. The lowest BCUT2D eigenvalue weighted by Gasteiger charge is -2.14. The lowest BCUT2D eigenvalue weighted by Crippen LogP contribution is -2.27. The molecule has 2 aromatic rings. The van der Waals surface area contributed by atoms with Gasteiger partial charge in [-0.1, -0.05) is 42.5 Å². The van der Waals surface area contributed by atoms with E-state index in [-0.39, 0.29) is 5.91 Å². The maximum Gasteiger partial charge on any atom is 0.245 e. The van der Waals surface area contributed by atoms with Crippen LogP contribution < -0.4 is 11.1 Å². The molecule has 3 N–H and O–H groups in total. The van der Waals surface area contributed by atoms with Crippen molar-refractivity contribution in [3.63, 3.8) is 0 Å². The zero-order chi connectivity index (χ0) is 13.8. The zero-order valence-electron chi connectivity index (χ0n) is 10.6. The van der Waals surface area contributed by atoms with Crippen LogP contribution in [0.1, 0.15) is 17.2 Å². The Hall–Kier alpha value is -1.65. The summed E-state index contributed by atoms with van der Waals surface area (Å²) in [5, 5.41) is 2.84. The number of anilines is 1. The van der Waals surface area contributed by atoms with E-state index in [1.807, 2.05) is 55.5 Å². The molecule has 0 saturated heterocycles. The highest BCUT2D eigenvalue weighted by atomic mass is 79.9. The van der Waals surface area contributed by atoms with Crippen molar-refractivity contribution in [2.75, 3.05) is 5.32 Å². The summed E-state index contributed by atoms with van der Waals surface area (Å²) in [5.41, 5.74) is 8.54. The molecule has 0 aliphatic rings. The summed E-state index contributed by atoms with van der Waals surface area (Å²) in [7, 11) is 0. The Morgan fingerprint density at radius 1 is 1.16 bits per heavy atom. The van der Waals surface area contributed by atoms with Crippen molar-refractivity contribution >= 4 is 27.5 Å². The zero-order valence-corrected chi connectivity index (χ0v) is 12.1. The third kappa shape index (κ3) is 3.22. The number of halogens is 1. The minimum absolute atomic E-state index is 0.225. The number of rotatable bonds is 3. The van der Waals surface area contributed by atoms with Gasteiger partial charge in [0.05, 0.1) is 5.69 Å². The van der Waals surface area contributed by atoms with Crippen LogP contribution in [0.2, 0.25) is 0 Å². The second kappa shape index (κ2) is 5.99. The molecule has 0 saturated carbocycles. The number of aryl methyl sites for hydroxylation is 1. The van der Waals surface area contributed by atoms with Gasteiger partial charge in [-0.25, -0.2) is 0 Å². The molecule has 4 heteroatoms. The number of benzene rings is 2. The van der Waals surface area contributed by atoms with E-state index in [1.54, 1.807) is 0 Å². The lowest BCUT2D eigenvalue weighted by atomic mass is 10.1. The Morgan fingerprint density at radius 2 is 1.84 bits per heavy atom. The average molecular weight is 319 g/mol. The van der Waals surface area contributed by atoms with Crippen molar-refractivity contribution in [1.82, 2.24) is 0 Å². The Labute approximate surface area is 121 Å². The van der Waals surface area contributed by atoms with Gasteiger partial charge in [-0.2, -0.15) is 0 Å². The van der Waals surface area contributed by atoms with Crippen LogP contribution in [0.4, 0.5) is 5.69 Å². The first-order valence-electron chi connectivity index (χ1n) is 5.96. The molecule has 2 rings (SSSR count). The van der Waals surface area contributed by atoms with Gasteiger partial charge >= 0.3 is 0 Å². The molecule has 0 aromatic heterocycles. The Kier molecular flexibility index (Phi) is 4.35. The maximum absolute atomic E-state index is 12.1. The summed E-state index contributed by atoms with van der Waals surface area (Å²) >= 11 is 3.46. The van der Waals surface area contributed by atoms with Crippen molar-refractivity contribution < 1.29 is 4.79 Å². The van der Waals surface area contributed by atoms with E-state index >= 15 is 0 Å². The highest BCUT2D eigenvalue weighted by Gasteiger charge is 2.16. The second-order valence-electron chi connectivity index (χ2n) is 4.31. The van der Waals surface area contributed by atoms with Gasteiger partial charge in [-0.05, 0) is 40.0 Å². The third-order valence-corrected chi connectivity index (χ3v) is 3.94. The van der Waals surface area contributed by atoms with E-state index in [9.17, 15) is 4.79 Å². The van der Waals surface area contributed by atoms with Crippen LogP contribution in [0.3, 0.4) is 0 Å². The molecule has 0 fully saturated rings. The smallest absolute Gasteiger partial charge is 0.245 e. The predicted octanol–water partition coefficient (Wildman–Crippen LogP) is 3.40. The number of amides is 1. The molecule has 0 aliphatic heterocycles. The maximum atomic E-state index is 12.1. The molecule has 0 radical (unpaired) electrons. The van der Waals surface area contributed by atoms with Gasteiger partial charge in [0.2, 0.25) is 5.91 Å². The number of nitrogens with one attached hydrogen (secondary N) is 1. The highest BCUT2D eigenvalue weighted by molar-refractivity contribution is 9.10. The third-order valence-electron chi connectivity index (χ3n) is 2.89. The fraction of sp³-hybridized carbons (Fsp3) is 0.133. The first-order valence-corrected chi connectivity index (χ1v) is 6.75. The van der Waals surface area contributed by atoms with Gasteiger partial charge < -0.3 is 11.1 Å². The minimum atomic E-state index is -0.673. The van der Waals surface area contributed by atoms with E-state index in [1.165, 1.54) is 0 Å². The minimum Gasteiger partial charge on any atom is -0.323 e. The normalized spacial score (nSPS) is 11.9. The summed E-state index contributed by atoms with van der Waals surface area (Å²) in [6.45, 7) is 1.97. The Morgan fingerprint density at radius 3 is 2.53 bits per heavy atom. The molecule has 2 aromatic carbocycles. The largest absolute Gasteiger partial charge is 0.323 e. The SMILES string of the molecule is Cc1cccc(NC(=O)C(N)c2ccccc2)c1Br. The van der Waals surface area contributed by atoms with Gasteiger partial charge in [-0.3, -0.25) is 4.79 Å². The molecule has 0 aliphatic carbocycles. The molecule has 0 spiro atoms. The number of carbonyl (C=O) groups is 1. The van der Waals surface area contributed by atoms with Crippen LogP contribution in [-0.2, 0) is 4.79 Å². The number of hydrogen-bond donors (Lipinski definition) is 2. The van der Waals surface area contributed by atoms with Gasteiger partial charge in [0.25, 0.3) is 0 Å². The fourth-order valence-corrected chi connectivity index (χ4v) is 2.13. The van der Waals surface area contributed by atoms with Gasteiger partial charge in [0.1, 0.15) is 6.04 Å². The van der Waals surface area contributed by atoms with Crippen molar-refractivity contribution in [3.05, 3.63) is 64.1 Å². The molecule has 0 heterocycles. The standard InChI is InChI=1S/C15H15BrN2O/c1-10-6-5-9-12(13(10)16)18-15(19)14(17)11-7-3-2-4-8-11/h2-9,14H,17H2,1H3,(H,18,19). The van der Waals surface area contributed by atoms with E-state index in [0.717, 1.165) is 21.3 Å². The Balaban J connectivity index is 2.15. The molecule has 98 valence electrons. The first kappa shape index (κ1) is 13.8. The molecule has 1 unspecified atom stereocenters. The fourth-order valence-electron chi connectivity index (χ4n) is 1.77. The van der Waals surface area contributed by atoms with Gasteiger partial charge in [-0.15, -0.1) is 0 Å². The van der Waals surface area contributed by atoms with Crippen LogP contribution in [0.15, 0.2) is 53.0 Å². The van der Waals surface area contributed by atoms with Crippen LogP contribution in [0.25, 0.3) is 0 Å². The van der Waals surface area contributed by atoms with Crippen molar-refractivity contribution in [1.29, 1.82) is 0 Å². The summed E-state index contributed by atoms with van der Waals surface area (Å²) in [5.74, 6) is -0.225. The molecule has 19 heavy (non-hydrogen) atoms. The summed E-state index contributed by atoms with van der Waals surface area (Å²) in [4.78, 5) is 12.1. The first-order chi connectivity index (χ1) is 9.09. The average Bonchev–Trinajstić information content (AvgIpc) is 2.44. The van der Waals surface area contributed by atoms with Crippen LogP contribution in [0.5, 0.6) is 0 Å². The summed E-state index contributed by atoms with van der Waals surface area (Å²) in [6.07, 6.45) is 0. The van der Waals surface area contributed by atoms with Crippen LogP contribution in [0, 0.1) is 6.92 Å². The molecule has 1 amide bonds. The van der Waals surface area contributed by atoms with Crippen LogP contribution >= 0.6 is 15.9 Å².